The largest absolute Gasteiger partial charge is 0.454 e. The lowest BCUT2D eigenvalue weighted by molar-refractivity contribution is 0.102. The SMILES string of the molecule is CN(c1cccc(NC(=O)c2ccccc2)c1)c1ccc2c(/C=C/c3ccc4c(c3)OCO4)n[nH]c2c1. The number of anilines is 3. The number of rotatable bonds is 6. The minimum Gasteiger partial charge on any atom is -0.454 e. The Hall–Kier alpha value is -5.04. The smallest absolute Gasteiger partial charge is 0.255 e. The number of H-pyrrole nitrogens is 1. The minimum atomic E-state index is -0.138. The van der Waals surface area contributed by atoms with E-state index in [2.05, 4.69) is 38.6 Å². The Balaban J connectivity index is 1.20. The highest BCUT2D eigenvalue weighted by molar-refractivity contribution is 6.04. The van der Waals surface area contributed by atoms with Crippen molar-refractivity contribution in [2.75, 3.05) is 24.1 Å². The fourth-order valence-corrected chi connectivity index (χ4v) is 4.29. The first-order chi connectivity index (χ1) is 18.1. The quantitative estimate of drug-likeness (QED) is 0.286. The van der Waals surface area contributed by atoms with E-state index in [1.807, 2.05) is 79.9 Å². The molecule has 0 atom stereocenters. The van der Waals surface area contributed by atoms with Gasteiger partial charge in [-0.25, -0.2) is 0 Å². The lowest BCUT2D eigenvalue weighted by Crippen LogP contribution is -2.13. The summed E-state index contributed by atoms with van der Waals surface area (Å²) in [6, 6.07) is 29.0. The molecule has 5 aromatic rings. The van der Waals surface area contributed by atoms with Crippen LogP contribution in [0.15, 0.2) is 91.0 Å². The van der Waals surface area contributed by atoms with E-state index < -0.39 is 0 Å². The van der Waals surface area contributed by atoms with Crippen LogP contribution in [0, 0.1) is 0 Å². The first kappa shape index (κ1) is 22.4. The number of fused-ring (bicyclic) bond motifs is 2. The van der Waals surface area contributed by atoms with Gasteiger partial charge in [0.2, 0.25) is 6.79 Å². The fraction of sp³-hybridized carbons (Fsp3) is 0.0667. The number of nitrogens with zero attached hydrogens (tertiary/aromatic N) is 2. The van der Waals surface area contributed by atoms with E-state index >= 15 is 0 Å². The molecule has 7 nitrogen and oxygen atoms in total. The van der Waals surface area contributed by atoms with Gasteiger partial charge in [-0.3, -0.25) is 9.89 Å². The Labute approximate surface area is 214 Å². The molecule has 37 heavy (non-hydrogen) atoms. The summed E-state index contributed by atoms with van der Waals surface area (Å²) in [4.78, 5) is 14.6. The molecular weight excluding hydrogens is 464 g/mol. The van der Waals surface area contributed by atoms with Crippen molar-refractivity contribution in [3.8, 4) is 11.5 Å². The van der Waals surface area contributed by atoms with Crippen molar-refractivity contribution in [1.29, 1.82) is 0 Å². The monoisotopic (exact) mass is 488 g/mol. The molecule has 7 heteroatoms. The summed E-state index contributed by atoms with van der Waals surface area (Å²) >= 11 is 0. The number of nitrogens with one attached hydrogen (secondary N) is 2. The number of benzene rings is 4. The highest BCUT2D eigenvalue weighted by Gasteiger charge is 2.13. The zero-order valence-electron chi connectivity index (χ0n) is 20.1. The minimum absolute atomic E-state index is 0.138. The molecule has 1 amide bonds. The number of hydrogen-bond donors (Lipinski definition) is 2. The maximum Gasteiger partial charge on any atom is 0.255 e. The lowest BCUT2D eigenvalue weighted by Gasteiger charge is -2.20. The maximum atomic E-state index is 12.6. The molecule has 2 N–H and O–H groups in total. The Morgan fingerprint density at radius 3 is 2.62 bits per heavy atom. The van der Waals surface area contributed by atoms with Gasteiger partial charge in [0.1, 0.15) is 0 Å². The van der Waals surface area contributed by atoms with Gasteiger partial charge in [-0.1, -0.05) is 36.4 Å². The van der Waals surface area contributed by atoms with Crippen LogP contribution in [-0.4, -0.2) is 29.9 Å². The van der Waals surface area contributed by atoms with E-state index in [1.54, 1.807) is 12.1 Å². The number of ether oxygens (including phenoxy) is 2. The van der Waals surface area contributed by atoms with Crippen LogP contribution in [0.3, 0.4) is 0 Å². The van der Waals surface area contributed by atoms with Crippen LogP contribution < -0.4 is 19.7 Å². The lowest BCUT2D eigenvalue weighted by atomic mass is 10.1. The predicted molar refractivity (Wildman–Crippen MR) is 146 cm³/mol. The van der Waals surface area contributed by atoms with Crippen molar-refractivity contribution in [2.24, 2.45) is 0 Å². The van der Waals surface area contributed by atoms with Crippen molar-refractivity contribution < 1.29 is 14.3 Å². The summed E-state index contributed by atoms with van der Waals surface area (Å²) in [6.45, 7) is 0.260. The van der Waals surface area contributed by atoms with E-state index in [4.69, 9.17) is 9.47 Å². The third-order valence-electron chi connectivity index (χ3n) is 6.32. The number of carbonyl (C=O) groups excluding carboxylic acids is 1. The third kappa shape index (κ3) is 4.62. The predicted octanol–water partition coefficient (Wildman–Crippen LogP) is 6.48. The number of carbonyl (C=O) groups is 1. The molecule has 2 heterocycles. The van der Waals surface area contributed by atoms with Crippen molar-refractivity contribution in [1.82, 2.24) is 10.2 Å². The van der Waals surface area contributed by atoms with Gasteiger partial charge < -0.3 is 19.7 Å². The van der Waals surface area contributed by atoms with Crippen LogP contribution in [0.4, 0.5) is 17.1 Å². The summed E-state index contributed by atoms with van der Waals surface area (Å²) in [5, 5.41) is 11.6. The molecule has 0 spiro atoms. The second kappa shape index (κ2) is 9.54. The first-order valence-corrected chi connectivity index (χ1v) is 11.9. The normalized spacial score (nSPS) is 12.2. The number of amides is 1. The van der Waals surface area contributed by atoms with Crippen LogP contribution in [0.2, 0.25) is 0 Å². The molecule has 0 aliphatic carbocycles. The molecule has 0 bridgehead atoms. The van der Waals surface area contributed by atoms with Gasteiger partial charge in [0.05, 0.1) is 11.2 Å². The summed E-state index contributed by atoms with van der Waals surface area (Å²) in [6.07, 6.45) is 3.99. The van der Waals surface area contributed by atoms with Gasteiger partial charge in [0.25, 0.3) is 5.91 Å². The first-order valence-electron chi connectivity index (χ1n) is 11.9. The standard InChI is InChI=1S/C30H24N4O3/c1-34(23-9-5-8-22(17-23)31-30(35)21-6-3-2-4-7-21)24-12-13-25-26(32-33-27(25)18-24)14-10-20-11-15-28-29(16-20)37-19-36-28/h2-18H,19H2,1H3,(H,31,35)(H,32,33)/b14-10+. The average Bonchev–Trinajstić information content (AvgIpc) is 3.58. The topological polar surface area (TPSA) is 79.5 Å². The second-order valence-electron chi connectivity index (χ2n) is 8.71. The van der Waals surface area contributed by atoms with E-state index in [1.165, 1.54) is 0 Å². The average molecular weight is 489 g/mol. The van der Waals surface area contributed by atoms with Crippen molar-refractivity contribution >= 4 is 46.0 Å². The van der Waals surface area contributed by atoms with E-state index in [0.717, 1.165) is 50.7 Å². The van der Waals surface area contributed by atoms with Crippen LogP contribution in [0.25, 0.3) is 23.1 Å². The molecule has 0 radical (unpaired) electrons. The zero-order chi connectivity index (χ0) is 25.2. The van der Waals surface area contributed by atoms with Crippen LogP contribution in [0.5, 0.6) is 11.5 Å². The Morgan fingerprint density at radius 2 is 1.73 bits per heavy atom. The Bertz CT molecular complexity index is 1630. The Kier molecular flexibility index (Phi) is 5.78. The van der Waals surface area contributed by atoms with Crippen molar-refractivity contribution in [2.45, 2.75) is 0 Å². The van der Waals surface area contributed by atoms with E-state index in [-0.39, 0.29) is 12.7 Å². The Morgan fingerprint density at radius 1 is 0.892 bits per heavy atom. The third-order valence-corrected chi connectivity index (χ3v) is 6.32. The van der Waals surface area contributed by atoms with E-state index in [9.17, 15) is 4.79 Å². The molecule has 182 valence electrons. The molecule has 1 aromatic heterocycles. The molecule has 4 aromatic carbocycles. The summed E-state index contributed by atoms with van der Waals surface area (Å²) in [5.41, 5.74) is 6.10. The van der Waals surface area contributed by atoms with Crippen LogP contribution in [-0.2, 0) is 0 Å². The van der Waals surface area contributed by atoms with Crippen molar-refractivity contribution in [3.05, 3.63) is 108 Å². The molecule has 0 saturated heterocycles. The molecule has 0 saturated carbocycles. The van der Waals surface area contributed by atoms with Gasteiger partial charge >= 0.3 is 0 Å². The van der Waals surface area contributed by atoms with Gasteiger partial charge in [-0.15, -0.1) is 0 Å². The highest BCUT2D eigenvalue weighted by atomic mass is 16.7. The molecular formula is C30H24N4O3. The van der Waals surface area contributed by atoms with Crippen molar-refractivity contribution in [3.63, 3.8) is 0 Å². The second-order valence-corrected chi connectivity index (χ2v) is 8.71. The van der Waals surface area contributed by atoms with Gasteiger partial charge in [-0.05, 0) is 72.3 Å². The molecule has 6 rings (SSSR count). The van der Waals surface area contributed by atoms with Gasteiger partial charge in [0.15, 0.2) is 11.5 Å². The molecule has 0 fully saturated rings. The van der Waals surface area contributed by atoms with Gasteiger partial charge in [0, 0.05) is 35.1 Å². The maximum absolute atomic E-state index is 12.6. The summed E-state index contributed by atoms with van der Waals surface area (Å²) in [7, 11) is 2.00. The molecule has 0 unspecified atom stereocenters. The summed E-state index contributed by atoms with van der Waals surface area (Å²) < 4.78 is 10.8. The van der Waals surface area contributed by atoms with Crippen LogP contribution in [0.1, 0.15) is 21.6 Å². The fourth-order valence-electron chi connectivity index (χ4n) is 4.29. The number of aromatic nitrogens is 2. The number of hydrogen-bond acceptors (Lipinski definition) is 5. The zero-order valence-corrected chi connectivity index (χ0v) is 20.1. The highest BCUT2D eigenvalue weighted by Crippen LogP contribution is 2.33. The summed E-state index contributed by atoms with van der Waals surface area (Å²) in [5.74, 6) is 1.38. The van der Waals surface area contributed by atoms with Crippen LogP contribution >= 0.6 is 0 Å². The van der Waals surface area contributed by atoms with E-state index in [0.29, 0.717) is 5.56 Å². The van der Waals surface area contributed by atoms with Gasteiger partial charge in [-0.2, -0.15) is 5.10 Å². The number of aromatic amines is 1. The molecule has 1 aliphatic rings. The molecule has 1 aliphatic heterocycles.